The van der Waals surface area contributed by atoms with Gasteiger partial charge in [-0.3, -0.25) is 0 Å². The number of anilines is 2. The molecule has 1 aliphatic heterocycles. The van der Waals surface area contributed by atoms with Gasteiger partial charge in [0.05, 0.1) is 18.9 Å². The van der Waals surface area contributed by atoms with E-state index in [1.807, 2.05) is 12.1 Å². The van der Waals surface area contributed by atoms with Gasteiger partial charge in [0, 0.05) is 31.7 Å². The predicted molar refractivity (Wildman–Crippen MR) is 94.4 cm³/mol. The maximum atomic E-state index is 13.7. The highest BCUT2D eigenvalue weighted by Gasteiger charge is 2.20. The van der Waals surface area contributed by atoms with E-state index in [-0.39, 0.29) is 18.3 Å². The van der Waals surface area contributed by atoms with Gasteiger partial charge in [-0.15, -0.1) is 0 Å². The lowest BCUT2D eigenvalue weighted by Gasteiger charge is -2.13. The van der Waals surface area contributed by atoms with Crippen LogP contribution in [0.2, 0.25) is 0 Å². The molecule has 0 bridgehead atoms. The molecule has 1 aliphatic rings. The van der Waals surface area contributed by atoms with Crippen LogP contribution in [0.25, 0.3) is 0 Å². The minimum atomic E-state index is -0.193. The van der Waals surface area contributed by atoms with Crippen LogP contribution in [0.4, 0.5) is 16.2 Å². The molecule has 2 aromatic rings. The molecule has 0 spiro atoms. The zero-order valence-electron chi connectivity index (χ0n) is 14.0. The van der Waals surface area contributed by atoms with Crippen molar-refractivity contribution in [2.45, 2.75) is 18.8 Å². The first kappa shape index (κ1) is 17.6. The second kappa shape index (κ2) is 8.73. The molecule has 0 saturated carbocycles. The van der Waals surface area contributed by atoms with E-state index in [0.29, 0.717) is 43.4 Å². The first-order chi connectivity index (χ1) is 12.3. The van der Waals surface area contributed by atoms with E-state index >= 15 is 0 Å². The number of aromatic nitrogens is 2. The standard InChI is InChI=1S/C18H23FN4O2/c19-15-4-2-1-3-13(15)5-7-20-17-11-16(14-6-10-25-12-14)22-18(23-17)21-8-9-24/h1-4,11,14,24H,5-10,12H2,(H2,20,21,22,23)/t14-/m1/s1. The Kier molecular flexibility index (Phi) is 6.14. The molecule has 1 fully saturated rings. The summed E-state index contributed by atoms with van der Waals surface area (Å²) in [6, 6.07) is 8.69. The molecular weight excluding hydrogens is 323 g/mol. The average Bonchev–Trinajstić information content (AvgIpc) is 3.16. The zero-order chi connectivity index (χ0) is 17.5. The third kappa shape index (κ3) is 4.87. The fourth-order valence-electron chi connectivity index (χ4n) is 2.81. The van der Waals surface area contributed by atoms with Crippen LogP contribution in [0.1, 0.15) is 23.6 Å². The third-order valence-corrected chi connectivity index (χ3v) is 4.15. The Morgan fingerprint density at radius 3 is 2.84 bits per heavy atom. The molecule has 25 heavy (non-hydrogen) atoms. The first-order valence-electron chi connectivity index (χ1n) is 8.55. The summed E-state index contributed by atoms with van der Waals surface area (Å²) in [6.45, 7) is 2.36. The second-order valence-corrected chi connectivity index (χ2v) is 5.98. The smallest absolute Gasteiger partial charge is 0.224 e. The van der Waals surface area contributed by atoms with Crippen LogP contribution >= 0.6 is 0 Å². The normalized spacial score (nSPS) is 16.8. The largest absolute Gasteiger partial charge is 0.395 e. The molecule has 6 nitrogen and oxygen atoms in total. The molecule has 0 unspecified atom stereocenters. The monoisotopic (exact) mass is 346 g/mol. The van der Waals surface area contributed by atoms with E-state index in [1.165, 1.54) is 6.07 Å². The van der Waals surface area contributed by atoms with Crippen molar-refractivity contribution in [2.75, 3.05) is 43.5 Å². The molecule has 7 heteroatoms. The van der Waals surface area contributed by atoms with Gasteiger partial charge in [-0.2, -0.15) is 4.98 Å². The molecule has 1 aromatic carbocycles. The van der Waals surface area contributed by atoms with E-state index in [9.17, 15) is 4.39 Å². The van der Waals surface area contributed by atoms with E-state index in [4.69, 9.17) is 9.84 Å². The number of rotatable bonds is 8. The summed E-state index contributed by atoms with van der Waals surface area (Å²) in [6.07, 6.45) is 1.50. The Bertz CT molecular complexity index is 693. The first-order valence-corrected chi connectivity index (χ1v) is 8.55. The summed E-state index contributed by atoms with van der Waals surface area (Å²) in [5.41, 5.74) is 1.59. The number of benzene rings is 1. The maximum Gasteiger partial charge on any atom is 0.224 e. The maximum absolute atomic E-state index is 13.7. The number of halogens is 1. The number of nitrogens with one attached hydrogen (secondary N) is 2. The topological polar surface area (TPSA) is 79.3 Å². The molecule has 3 N–H and O–H groups in total. The van der Waals surface area contributed by atoms with Crippen LogP contribution in [0.5, 0.6) is 0 Å². The molecular formula is C18H23FN4O2. The third-order valence-electron chi connectivity index (χ3n) is 4.15. The van der Waals surface area contributed by atoms with Gasteiger partial charge in [0.1, 0.15) is 11.6 Å². The molecule has 1 saturated heterocycles. The molecule has 134 valence electrons. The minimum absolute atomic E-state index is 0.0101. The number of nitrogens with zero attached hydrogens (tertiary/aromatic N) is 2. The van der Waals surface area contributed by atoms with E-state index < -0.39 is 0 Å². The molecule has 0 radical (unpaired) electrons. The number of aliphatic hydroxyl groups is 1. The summed E-state index contributed by atoms with van der Waals surface area (Å²) in [7, 11) is 0. The zero-order valence-corrected chi connectivity index (χ0v) is 14.0. The summed E-state index contributed by atoms with van der Waals surface area (Å²) < 4.78 is 19.1. The van der Waals surface area contributed by atoms with Gasteiger partial charge in [-0.25, -0.2) is 9.37 Å². The number of hydrogen-bond donors (Lipinski definition) is 3. The molecule has 0 aliphatic carbocycles. The van der Waals surface area contributed by atoms with Crippen molar-refractivity contribution >= 4 is 11.8 Å². The summed E-state index contributed by atoms with van der Waals surface area (Å²) in [5.74, 6) is 1.23. The molecule has 1 atom stereocenters. The highest BCUT2D eigenvalue weighted by Crippen LogP contribution is 2.26. The van der Waals surface area contributed by atoms with Gasteiger partial charge in [0.25, 0.3) is 0 Å². The highest BCUT2D eigenvalue weighted by molar-refractivity contribution is 5.43. The van der Waals surface area contributed by atoms with Gasteiger partial charge < -0.3 is 20.5 Å². The van der Waals surface area contributed by atoms with Crippen LogP contribution in [0, 0.1) is 5.82 Å². The Morgan fingerprint density at radius 1 is 1.20 bits per heavy atom. The van der Waals surface area contributed by atoms with Crippen molar-refractivity contribution in [1.29, 1.82) is 0 Å². The quantitative estimate of drug-likeness (QED) is 0.680. The van der Waals surface area contributed by atoms with Crippen LogP contribution in [-0.4, -0.2) is 48.0 Å². The predicted octanol–water partition coefficient (Wildman–Crippen LogP) is 2.18. The van der Waals surface area contributed by atoms with Crippen molar-refractivity contribution in [3.63, 3.8) is 0 Å². The van der Waals surface area contributed by atoms with E-state index in [0.717, 1.165) is 18.7 Å². The molecule has 1 aromatic heterocycles. The Labute approximate surface area is 146 Å². The Hall–Kier alpha value is -2.25. The SMILES string of the molecule is OCCNc1nc(NCCc2ccccc2F)cc([C@@H]2CCOC2)n1. The summed E-state index contributed by atoms with van der Waals surface area (Å²) in [5, 5.41) is 15.2. The van der Waals surface area contributed by atoms with Gasteiger partial charge in [0.2, 0.25) is 5.95 Å². The van der Waals surface area contributed by atoms with Crippen molar-refractivity contribution < 1.29 is 14.2 Å². The van der Waals surface area contributed by atoms with Crippen molar-refractivity contribution in [3.05, 3.63) is 47.4 Å². The van der Waals surface area contributed by atoms with Crippen molar-refractivity contribution in [2.24, 2.45) is 0 Å². The number of ether oxygens (including phenoxy) is 1. The Morgan fingerprint density at radius 2 is 2.08 bits per heavy atom. The van der Waals surface area contributed by atoms with Crippen molar-refractivity contribution in [1.82, 2.24) is 9.97 Å². The summed E-state index contributed by atoms with van der Waals surface area (Å²) >= 11 is 0. The van der Waals surface area contributed by atoms with Crippen molar-refractivity contribution in [3.8, 4) is 0 Å². The van der Waals surface area contributed by atoms with Crippen LogP contribution in [-0.2, 0) is 11.2 Å². The fourth-order valence-corrected chi connectivity index (χ4v) is 2.81. The minimum Gasteiger partial charge on any atom is -0.395 e. The van der Waals surface area contributed by atoms with Crippen LogP contribution in [0.3, 0.4) is 0 Å². The lowest BCUT2D eigenvalue weighted by Crippen LogP contribution is -2.14. The lowest BCUT2D eigenvalue weighted by atomic mass is 10.0. The van der Waals surface area contributed by atoms with Crippen LogP contribution in [0.15, 0.2) is 30.3 Å². The van der Waals surface area contributed by atoms with Gasteiger partial charge >= 0.3 is 0 Å². The molecule has 3 rings (SSSR count). The average molecular weight is 346 g/mol. The molecule has 2 heterocycles. The van der Waals surface area contributed by atoms with E-state index in [1.54, 1.807) is 12.1 Å². The van der Waals surface area contributed by atoms with Crippen LogP contribution < -0.4 is 10.6 Å². The second-order valence-electron chi connectivity index (χ2n) is 5.98. The van der Waals surface area contributed by atoms with Gasteiger partial charge in [-0.1, -0.05) is 18.2 Å². The van der Waals surface area contributed by atoms with E-state index in [2.05, 4.69) is 20.6 Å². The van der Waals surface area contributed by atoms with Gasteiger partial charge in [0.15, 0.2) is 0 Å². The summed E-state index contributed by atoms with van der Waals surface area (Å²) in [4.78, 5) is 8.94. The lowest BCUT2D eigenvalue weighted by molar-refractivity contribution is 0.193. The highest BCUT2D eigenvalue weighted by atomic mass is 19.1. The number of hydrogen-bond acceptors (Lipinski definition) is 6. The van der Waals surface area contributed by atoms with Gasteiger partial charge in [-0.05, 0) is 24.5 Å². The fraction of sp³-hybridized carbons (Fsp3) is 0.444. The number of aliphatic hydroxyl groups excluding tert-OH is 1. The molecule has 0 amide bonds. The Balaban J connectivity index is 1.68.